The number of carbonyl (C=O) groups excluding carboxylic acids is 1. The quantitative estimate of drug-likeness (QED) is 0.794. The van der Waals surface area contributed by atoms with E-state index < -0.39 is 0 Å². The van der Waals surface area contributed by atoms with Crippen LogP contribution in [0.15, 0.2) is 34.9 Å². The molecule has 0 aliphatic heterocycles. The SMILES string of the molecule is C[C@H]1C[C@H]1[C@@H](NC(=O)CCCc1nc(C2CC2)no1)c1ccccc1. The minimum absolute atomic E-state index is 0.106. The third kappa shape index (κ3) is 4.09. The fraction of sp³-hybridized carbons (Fsp3) is 0.550. The van der Waals surface area contributed by atoms with E-state index in [-0.39, 0.29) is 11.9 Å². The van der Waals surface area contributed by atoms with Crippen molar-refractivity contribution in [2.45, 2.75) is 57.4 Å². The smallest absolute Gasteiger partial charge is 0.226 e. The summed E-state index contributed by atoms with van der Waals surface area (Å²) in [5.41, 5.74) is 1.20. The second-order valence-corrected chi connectivity index (χ2v) is 7.51. The van der Waals surface area contributed by atoms with Gasteiger partial charge in [-0.3, -0.25) is 4.79 Å². The molecule has 4 rings (SSSR count). The molecule has 1 heterocycles. The zero-order chi connectivity index (χ0) is 17.2. The van der Waals surface area contributed by atoms with E-state index in [1.54, 1.807) is 0 Å². The topological polar surface area (TPSA) is 68.0 Å². The molecule has 0 saturated heterocycles. The first-order valence-corrected chi connectivity index (χ1v) is 9.37. The molecule has 1 aromatic heterocycles. The molecule has 0 unspecified atom stereocenters. The fourth-order valence-corrected chi connectivity index (χ4v) is 3.44. The van der Waals surface area contributed by atoms with Crippen LogP contribution >= 0.6 is 0 Å². The maximum atomic E-state index is 12.4. The van der Waals surface area contributed by atoms with Crippen molar-refractivity contribution < 1.29 is 9.32 Å². The third-order valence-electron chi connectivity index (χ3n) is 5.30. The van der Waals surface area contributed by atoms with E-state index in [0.29, 0.717) is 36.5 Å². The summed E-state index contributed by atoms with van der Waals surface area (Å²) >= 11 is 0. The summed E-state index contributed by atoms with van der Waals surface area (Å²) in [6.07, 6.45) is 5.42. The Kier molecular flexibility index (Phi) is 4.55. The minimum atomic E-state index is 0.106. The first-order chi connectivity index (χ1) is 12.2. The van der Waals surface area contributed by atoms with Crippen molar-refractivity contribution in [2.24, 2.45) is 11.8 Å². The summed E-state index contributed by atoms with van der Waals surface area (Å²) in [4.78, 5) is 16.8. The average Bonchev–Trinajstić information content (AvgIpc) is 3.54. The van der Waals surface area contributed by atoms with Crippen molar-refractivity contribution in [2.75, 3.05) is 0 Å². The van der Waals surface area contributed by atoms with Crippen molar-refractivity contribution in [1.29, 1.82) is 0 Å². The summed E-state index contributed by atoms with van der Waals surface area (Å²) < 4.78 is 5.27. The normalized spacial score (nSPS) is 23.2. The molecule has 2 aromatic rings. The van der Waals surface area contributed by atoms with Gasteiger partial charge in [0.15, 0.2) is 5.82 Å². The van der Waals surface area contributed by atoms with E-state index in [2.05, 4.69) is 34.5 Å². The van der Waals surface area contributed by atoms with Gasteiger partial charge in [0, 0.05) is 18.8 Å². The first-order valence-electron chi connectivity index (χ1n) is 9.37. The number of hydrogen-bond acceptors (Lipinski definition) is 4. The standard InChI is InChI=1S/C20H25N3O2/c1-13-12-16(13)19(14-6-3-2-4-7-14)21-17(24)8-5-9-18-22-20(23-25-18)15-10-11-15/h2-4,6-7,13,15-16,19H,5,8-12H2,1H3,(H,21,24)/t13-,16+,19-/m0/s1. The molecular formula is C20H25N3O2. The number of benzene rings is 1. The Morgan fingerprint density at radius 2 is 2.08 bits per heavy atom. The van der Waals surface area contributed by atoms with Crippen LogP contribution in [0, 0.1) is 11.8 Å². The second kappa shape index (κ2) is 6.98. The van der Waals surface area contributed by atoms with Crippen LogP contribution in [-0.2, 0) is 11.2 Å². The van der Waals surface area contributed by atoms with Gasteiger partial charge in [-0.1, -0.05) is 42.4 Å². The van der Waals surface area contributed by atoms with E-state index in [9.17, 15) is 4.79 Å². The summed E-state index contributed by atoms with van der Waals surface area (Å²) in [5, 5.41) is 7.26. The minimum Gasteiger partial charge on any atom is -0.349 e. The van der Waals surface area contributed by atoms with Crippen molar-refractivity contribution in [3.63, 3.8) is 0 Å². The highest BCUT2D eigenvalue weighted by molar-refractivity contribution is 5.76. The molecule has 132 valence electrons. The van der Waals surface area contributed by atoms with Gasteiger partial charge in [-0.05, 0) is 43.1 Å². The molecule has 0 bridgehead atoms. The van der Waals surface area contributed by atoms with Crippen LogP contribution < -0.4 is 5.32 Å². The fourth-order valence-electron chi connectivity index (χ4n) is 3.44. The lowest BCUT2D eigenvalue weighted by atomic mass is 10.0. The molecule has 3 atom stereocenters. The van der Waals surface area contributed by atoms with E-state index in [4.69, 9.17) is 4.52 Å². The van der Waals surface area contributed by atoms with Crippen LogP contribution in [0.25, 0.3) is 0 Å². The van der Waals surface area contributed by atoms with Gasteiger partial charge < -0.3 is 9.84 Å². The molecule has 1 amide bonds. The number of aryl methyl sites for hydroxylation is 1. The average molecular weight is 339 g/mol. The number of aromatic nitrogens is 2. The highest BCUT2D eigenvalue weighted by atomic mass is 16.5. The zero-order valence-electron chi connectivity index (χ0n) is 14.6. The highest BCUT2D eigenvalue weighted by Crippen LogP contribution is 2.47. The molecule has 0 spiro atoms. The lowest BCUT2D eigenvalue weighted by Crippen LogP contribution is -2.30. The number of rotatable bonds is 8. The third-order valence-corrected chi connectivity index (χ3v) is 5.30. The predicted octanol–water partition coefficient (Wildman–Crippen LogP) is 3.78. The van der Waals surface area contributed by atoms with Crippen LogP contribution in [-0.4, -0.2) is 16.0 Å². The van der Waals surface area contributed by atoms with Crippen LogP contribution in [0.1, 0.15) is 68.3 Å². The Balaban J connectivity index is 1.28. The van der Waals surface area contributed by atoms with Crippen LogP contribution in [0.3, 0.4) is 0 Å². The van der Waals surface area contributed by atoms with Gasteiger partial charge in [-0.25, -0.2) is 0 Å². The molecular weight excluding hydrogens is 314 g/mol. The Hall–Kier alpha value is -2.17. The van der Waals surface area contributed by atoms with Crippen LogP contribution in [0.4, 0.5) is 0 Å². The van der Waals surface area contributed by atoms with Crippen molar-refractivity contribution in [3.05, 3.63) is 47.6 Å². The van der Waals surface area contributed by atoms with Gasteiger partial charge in [-0.15, -0.1) is 0 Å². The van der Waals surface area contributed by atoms with Crippen LogP contribution in [0.5, 0.6) is 0 Å². The Morgan fingerprint density at radius 1 is 1.32 bits per heavy atom. The van der Waals surface area contributed by atoms with E-state index in [0.717, 1.165) is 12.2 Å². The van der Waals surface area contributed by atoms with Gasteiger partial charge in [0.1, 0.15) is 0 Å². The molecule has 1 aromatic carbocycles. The van der Waals surface area contributed by atoms with Crippen molar-refractivity contribution in [3.8, 4) is 0 Å². The number of nitrogens with one attached hydrogen (secondary N) is 1. The van der Waals surface area contributed by atoms with E-state index in [1.807, 2.05) is 18.2 Å². The van der Waals surface area contributed by atoms with Crippen molar-refractivity contribution in [1.82, 2.24) is 15.5 Å². The summed E-state index contributed by atoms with van der Waals surface area (Å²) in [6.45, 7) is 2.25. The second-order valence-electron chi connectivity index (χ2n) is 7.51. The predicted molar refractivity (Wildman–Crippen MR) is 93.8 cm³/mol. The maximum Gasteiger partial charge on any atom is 0.226 e. The monoisotopic (exact) mass is 339 g/mol. The Morgan fingerprint density at radius 3 is 2.76 bits per heavy atom. The highest BCUT2D eigenvalue weighted by Gasteiger charge is 2.40. The molecule has 25 heavy (non-hydrogen) atoms. The Bertz CT molecular complexity index is 724. The Labute approximate surface area is 148 Å². The molecule has 0 radical (unpaired) electrons. The molecule has 5 nitrogen and oxygen atoms in total. The maximum absolute atomic E-state index is 12.4. The number of carbonyl (C=O) groups is 1. The van der Waals surface area contributed by atoms with Crippen LogP contribution in [0.2, 0.25) is 0 Å². The first kappa shape index (κ1) is 16.3. The largest absolute Gasteiger partial charge is 0.349 e. The lowest BCUT2D eigenvalue weighted by Gasteiger charge is -2.19. The molecule has 2 aliphatic carbocycles. The van der Waals surface area contributed by atoms with Gasteiger partial charge in [0.25, 0.3) is 0 Å². The number of nitrogens with zero attached hydrogens (tertiary/aromatic N) is 2. The molecule has 2 fully saturated rings. The van der Waals surface area contributed by atoms with Gasteiger partial charge >= 0.3 is 0 Å². The van der Waals surface area contributed by atoms with E-state index in [1.165, 1.54) is 24.8 Å². The van der Waals surface area contributed by atoms with Gasteiger partial charge in [-0.2, -0.15) is 4.98 Å². The number of hydrogen-bond donors (Lipinski definition) is 1. The molecule has 2 saturated carbocycles. The summed E-state index contributed by atoms with van der Waals surface area (Å²) in [5.74, 6) is 3.35. The lowest BCUT2D eigenvalue weighted by molar-refractivity contribution is -0.122. The van der Waals surface area contributed by atoms with Gasteiger partial charge in [0.2, 0.25) is 11.8 Å². The summed E-state index contributed by atoms with van der Waals surface area (Å²) in [6, 6.07) is 10.4. The molecule has 5 heteroatoms. The number of amides is 1. The molecule has 2 aliphatic rings. The molecule has 1 N–H and O–H groups in total. The summed E-state index contributed by atoms with van der Waals surface area (Å²) in [7, 11) is 0. The van der Waals surface area contributed by atoms with Crippen molar-refractivity contribution >= 4 is 5.91 Å². The zero-order valence-corrected chi connectivity index (χ0v) is 14.6. The van der Waals surface area contributed by atoms with Gasteiger partial charge in [0.05, 0.1) is 6.04 Å². The van der Waals surface area contributed by atoms with E-state index >= 15 is 0 Å².